The number of aryl methyl sites for hydroxylation is 1. The topological polar surface area (TPSA) is 101 Å². The van der Waals surface area contributed by atoms with Crippen LogP contribution in [0.1, 0.15) is 44.5 Å². The third-order valence-corrected chi connectivity index (χ3v) is 5.65. The molecule has 1 aliphatic carbocycles. The van der Waals surface area contributed by atoms with Crippen molar-refractivity contribution in [2.75, 3.05) is 0 Å². The average Bonchev–Trinajstić information content (AvgIpc) is 2.69. The summed E-state index contributed by atoms with van der Waals surface area (Å²) in [5.41, 5.74) is 6.50. The van der Waals surface area contributed by atoms with Crippen molar-refractivity contribution in [2.24, 2.45) is 17.6 Å². The Morgan fingerprint density at radius 3 is 2.45 bits per heavy atom. The van der Waals surface area contributed by atoms with Gasteiger partial charge in [0.05, 0.1) is 11.4 Å². The van der Waals surface area contributed by atoms with Crippen molar-refractivity contribution in [1.82, 2.24) is 14.9 Å². The van der Waals surface area contributed by atoms with Crippen molar-refractivity contribution >= 4 is 10.0 Å². The second-order valence-corrected chi connectivity index (χ2v) is 7.72. The predicted octanol–water partition coefficient (Wildman–Crippen LogP) is 1.28. The van der Waals surface area contributed by atoms with E-state index in [9.17, 15) is 8.42 Å². The van der Waals surface area contributed by atoms with Gasteiger partial charge in [0.25, 0.3) is 0 Å². The number of aromatic nitrogens is 2. The fourth-order valence-electron chi connectivity index (χ4n) is 3.29. The van der Waals surface area contributed by atoms with Crippen LogP contribution in [0.4, 0.5) is 0 Å². The van der Waals surface area contributed by atoms with E-state index in [1.54, 1.807) is 6.92 Å². The number of hydrogen-bond acceptors (Lipinski definition) is 4. The Morgan fingerprint density at radius 2 is 1.90 bits per heavy atom. The zero-order chi connectivity index (χ0) is 14.9. The molecule has 0 aromatic carbocycles. The SMILES string of the molecule is Cc1[nH]nc(CN)c1S(=O)(=O)NC1CC(C)CC(C)C1. The summed E-state index contributed by atoms with van der Waals surface area (Å²) in [7, 11) is -3.56. The minimum Gasteiger partial charge on any atom is -0.325 e. The van der Waals surface area contributed by atoms with Crippen LogP contribution < -0.4 is 10.5 Å². The van der Waals surface area contributed by atoms with Gasteiger partial charge < -0.3 is 5.73 Å². The quantitative estimate of drug-likeness (QED) is 0.779. The summed E-state index contributed by atoms with van der Waals surface area (Å²) >= 11 is 0. The third-order valence-electron chi connectivity index (χ3n) is 3.92. The molecule has 0 bridgehead atoms. The highest BCUT2D eigenvalue weighted by molar-refractivity contribution is 7.89. The predicted molar refractivity (Wildman–Crippen MR) is 77.5 cm³/mol. The van der Waals surface area contributed by atoms with Crippen LogP contribution in [0.2, 0.25) is 0 Å². The molecular formula is C13H24N4O2S. The van der Waals surface area contributed by atoms with E-state index in [-0.39, 0.29) is 17.5 Å². The lowest BCUT2D eigenvalue weighted by Crippen LogP contribution is -2.40. The first-order chi connectivity index (χ1) is 9.33. The van der Waals surface area contributed by atoms with Crippen LogP contribution in [0, 0.1) is 18.8 Å². The maximum atomic E-state index is 12.5. The molecular weight excluding hydrogens is 276 g/mol. The number of rotatable bonds is 4. The molecule has 1 aromatic heterocycles. The molecule has 0 saturated heterocycles. The highest BCUT2D eigenvalue weighted by Gasteiger charge is 2.30. The lowest BCUT2D eigenvalue weighted by Gasteiger charge is -2.31. The van der Waals surface area contributed by atoms with Crippen molar-refractivity contribution in [3.8, 4) is 0 Å². The Labute approximate surface area is 120 Å². The monoisotopic (exact) mass is 300 g/mol. The van der Waals surface area contributed by atoms with Gasteiger partial charge in [0.2, 0.25) is 10.0 Å². The number of aromatic amines is 1. The van der Waals surface area contributed by atoms with Gasteiger partial charge in [0.1, 0.15) is 4.90 Å². The molecule has 6 nitrogen and oxygen atoms in total. The number of hydrogen-bond donors (Lipinski definition) is 3. The summed E-state index contributed by atoms with van der Waals surface area (Å²) in [6, 6.07) is -0.00123. The van der Waals surface area contributed by atoms with Crippen LogP contribution >= 0.6 is 0 Å². The van der Waals surface area contributed by atoms with E-state index >= 15 is 0 Å². The van der Waals surface area contributed by atoms with Crippen molar-refractivity contribution in [2.45, 2.75) is 57.5 Å². The van der Waals surface area contributed by atoms with Gasteiger partial charge in [-0.1, -0.05) is 13.8 Å². The molecule has 0 radical (unpaired) electrons. The van der Waals surface area contributed by atoms with Crippen LogP contribution in [0.25, 0.3) is 0 Å². The van der Waals surface area contributed by atoms with Gasteiger partial charge in [0.15, 0.2) is 0 Å². The van der Waals surface area contributed by atoms with Crippen LogP contribution in [-0.2, 0) is 16.6 Å². The molecule has 2 unspecified atom stereocenters. The van der Waals surface area contributed by atoms with Crippen LogP contribution in [0.5, 0.6) is 0 Å². The summed E-state index contributed by atoms with van der Waals surface area (Å²) in [4.78, 5) is 0.214. The second kappa shape index (κ2) is 5.83. The van der Waals surface area contributed by atoms with Crippen LogP contribution in [-0.4, -0.2) is 24.7 Å². The van der Waals surface area contributed by atoms with Crippen molar-refractivity contribution < 1.29 is 8.42 Å². The second-order valence-electron chi connectivity index (χ2n) is 6.06. The molecule has 0 amide bonds. The van der Waals surface area contributed by atoms with E-state index in [1.807, 2.05) is 0 Å². The van der Waals surface area contributed by atoms with Crippen LogP contribution in [0.3, 0.4) is 0 Å². The largest absolute Gasteiger partial charge is 0.325 e. The smallest absolute Gasteiger partial charge is 0.244 e. The van der Waals surface area contributed by atoms with Crippen molar-refractivity contribution in [1.29, 1.82) is 0 Å². The molecule has 20 heavy (non-hydrogen) atoms. The Hall–Kier alpha value is -0.920. The fourth-order valence-corrected chi connectivity index (χ4v) is 4.92. The molecule has 0 spiro atoms. The molecule has 114 valence electrons. The van der Waals surface area contributed by atoms with Gasteiger partial charge >= 0.3 is 0 Å². The van der Waals surface area contributed by atoms with Gasteiger partial charge in [-0.2, -0.15) is 5.10 Å². The normalized spacial score (nSPS) is 27.7. The lowest BCUT2D eigenvalue weighted by molar-refractivity contribution is 0.257. The first kappa shape index (κ1) is 15.5. The van der Waals surface area contributed by atoms with E-state index in [2.05, 4.69) is 28.8 Å². The maximum Gasteiger partial charge on any atom is 0.244 e. The van der Waals surface area contributed by atoms with Gasteiger partial charge in [-0.3, -0.25) is 5.10 Å². The molecule has 2 rings (SSSR count). The Balaban J connectivity index is 2.21. The summed E-state index contributed by atoms with van der Waals surface area (Å²) < 4.78 is 27.9. The van der Waals surface area contributed by atoms with Crippen LogP contribution in [0.15, 0.2) is 4.90 Å². The summed E-state index contributed by atoms with van der Waals surface area (Å²) in [5, 5.41) is 6.65. The summed E-state index contributed by atoms with van der Waals surface area (Å²) in [6.07, 6.45) is 2.94. The molecule has 1 fully saturated rings. The lowest BCUT2D eigenvalue weighted by atomic mass is 9.81. The van der Waals surface area contributed by atoms with E-state index in [0.29, 0.717) is 23.2 Å². The first-order valence-electron chi connectivity index (χ1n) is 7.09. The van der Waals surface area contributed by atoms with Crippen molar-refractivity contribution in [3.05, 3.63) is 11.4 Å². The summed E-state index contributed by atoms with van der Waals surface area (Å²) in [6.45, 7) is 6.15. The molecule has 1 heterocycles. The van der Waals surface area contributed by atoms with Gasteiger partial charge in [-0.05, 0) is 38.0 Å². The summed E-state index contributed by atoms with van der Waals surface area (Å²) in [5.74, 6) is 1.09. The number of nitrogens with one attached hydrogen (secondary N) is 2. The van der Waals surface area contributed by atoms with Crippen molar-refractivity contribution in [3.63, 3.8) is 0 Å². The molecule has 0 aliphatic heterocycles. The number of nitrogens with two attached hydrogens (primary N) is 1. The Kier molecular flexibility index (Phi) is 4.51. The molecule has 4 N–H and O–H groups in total. The third kappa shape index (κ3) is 3.21. The van der Waals surface area contributed by atoms with E-state index in [1.165, 1.54) is 0 Å². The van der Waals surface area contributed by atoms with Gasteiger partial charge in [0, 0.05) is 12.6 Å². The fraction of sp³-hybridized carbons (Fsp3) is 0.769. The highest BCUT2D eigenvalue weighted by Crippen LogP contribution is 2.30. The zero-order valence-electron chi connectivity index (χ0n) is 12.3. The number of nitrogens with zero attached hydrogens (tertiary/aromatic N) is 1. The van der Waals surface area contributed by atoms with E-state index in [0.717, 1.165) is 19.3 Å². The minimum atomic E-state index is -3.56. The minimum absolute atomic E-state index is 0.00123. The molecule has 1 saturated carbocycles. The molecule has 1 aliphatic rings. The Bertz CT molecular complexity index is 557. The maximum absolute atomic E-state index is 12.5. The molecule has 7 heteroatoms. The number of sulfonamides is 1. The highest BCUT2D eigenvalue weighted by atomic mass is 32.2. The first-order valence-corrected chi connectivity index (χ1v) is 8.58. The average molecular weight is 300 g/mol. The molecule has 2 atom stereocenters. The molecule has 1 aromatic rings. The zero-order valence-corrected chi connectivity index (χ0v) is 13.1. The van der Waals surface area contributed by atoms with Gasteiger partial charge in [-0.25, -0.2) is 13.1 Å². The van der Waals surface area contributed by atoms with Gasteiger partial charge in [-0.15, -0.1) is 0 Å². The standard InChI is InChI=1S/C13H24N4O2S/c1-8-4-9(2)6-11(5-8)17-20(18,19)13-10(3)15-16-12(13)7-14/h8-9,11,17H,4-7,14H2,1-3H3,(H,15,16). The van der Waals surface area contributed by atoms with E-state index in [4.69, 9.17) is 5.73 Å². The Morgan fingerprint density at radius 1 is 1.30 bits per heavy atom. The van der Waals surface area contributed by atoms with E-state index < -0.39 is 10.0 Å². The number of H-pyrrole nitrogens is 1.